The van der Waals surface area contributed by atoms with Crippen molar-refractivity contribution in [2.45, 2.75) is 64.7 Å². The third-order valence-electron chi connectivity index (χ3n) is 4.02. The summed E-state index contributed by atoms with van der Waals surface area (Å²) in [5.74, 6) is -1.69. The predicted octanol–water partition coefficient (Wildman–Crippen LogP) is 5.63. The lowest BCUT2D eigenvalue weighted by atomic mass is 10.1. The number of carboxylic acid groups (broad SMARTS) is 1. The molecule has 1 rings (SSSR count). The Bertz CT molecular complexity index is 549. The molecule has 0 unspecified atom stereocenters. The van der Waals surface area contributed by atoms with Gasteiger partial charge in [0, 0.05) is 0 Å². The maximum absolute atomic E-state index is 12.0. The van der Waals surface area contributed by atoms with Crippen LogP contribution < -0.4 is 0 Å². The zero-order valence-corrected chi connectivity index (χ0v) is 15.2. The highest BCUT2D eigenvalue weighted by Crippen LogP contribution is 2.11. The molecule has 0 spiro atoms. The molecule has 4 nitrogen and oxygen atoms in total. The molecular weight excluding hydrogens is 316 g/mol. The van der Waals surface area contributed by atoms with Gasteiger partial charge in [-0.05, 0) is 44.2 Å². The summed E-state index contributed by atoms with van der Waals surface area (Å²) in [6, 6.07) is 6.12. The van der Waals surface area contributed by atoms with Crippen LogP contribution in [0.5, 0.6) is 0 Å². The highest BCUT2D eigenvalue weighted by Gasteiger charge is 2.16. The summed E-state index contributed by atoms with van der Waals surface area (Å²) in [4.78, 5) is 23.0. The first kappa shape index (κ1) is 20.9. The Labute approximate surface area is 150 Å². The van der Waals surface area contributed by atoms with Crippen LogP contribution in [0, 0.1) is 0 Å². The molecule has 0 bridgehead atoms. The summed E-state index contributed by atoms with van der Waals surface area (Å²) in [7, 11) is 0. The summed E-state index contributed by atoms with van der Waals surface area (Å²) in [6.45, 7) is 2.54. The number of carbonyl (C=O) groups is 2. The average Bonchev–Trinajstić information content (AvgIpc) is 2.62. The van der Waals surface area contributed by atoms with Gasteiger partial charge in [0.15, 0.2) is 0 Å². The number of esters is 1. The van der Waals surface area contributed by atoms with Gasteiger partial charge in [0.1, 0.15) is 0 Å². The zero-order chi connectivity index (χ0) is 18.3. The van der Waals surface area contributed by atoms with Crippen molar-refractivity contribution in [2.75, 3.05) is 6.61 Å². The monoisotopic (exact) mass is 346 g/mol. The standard InChI is InChI=1S/C21H30O4/c1-2-3-4-5-6-7-8-9-10-11-14-17-25-21(24)19-16-13-12-15-18(19)20(22)23/h8-9,12-13,15-16H,2-7,10-11,14,17H2,1H3,(H,22,23)/b9-8+. The van der Waals surface area contributed by atoms with Gasteiger partial charge in [0.2, 0.25) is 0 Å². The molecule has 0 aromatic heterocycles. The van der Waals surface area contributed by atoms with E-state index in [1.165, 1.54) is 44.2 Å². The summed E-state index contributed by atoms with van der Waals surface area (Å²) < 4.78 is 5.18. The normalized spacial score (nSPS) is 10.9. The minimum absolute atomic E-state index is 0.0191. The number of unbranched alkanes of at least 4 members (excludes halogenated alkanes) is 7. The molecule has 1 aromatic carbocycles. The smallest absolute Gasteiger partial charge is 0.339 e. The molecule has 0 aliphatic rings. The number of rotatable bonds is 13. The largest absolute Gasteiger partial charge is 0.478 e. The Kier molecular flexibility index (Phi) is 11.1. The fourth-order valence-electron chi connectivity index (χ4n) is 2.56. The second-order valence-corrected chi connectivity index (χ2v) is 6.16. The van der Waals surface area contributed by atoms with Crippen LogP contribution in [-0.4, -0.2) is 23.7 Å². The van der Waals surface area contributed by atoms with Gasteiger partial charge in [-0.2, -0.15) is 0 Å². The zero-order valence-electron chi connectivity index (χ0n) is 15.2. The van der Waals surface area contributed by atoms with E-state index in [-0.39, 0.29) is 11.1 Å². The first-order valence-electron chi connectivity index (χ1n) is 9.31. The van der Waals surface area contributed by atoms with E-state index in [0.29, 0.717) is 6.61 Å². The van der Waals surface area contributed by atoms with Gasteiger partial charge in [-0.25, -0.2) is 9.59 Å². The van der Waals surface area contributed by atoms with Crippen LogP contribution in [0.3, 0.4) is 0 Å². The first-order chi connectivity index (χ1) is 12.2. The molecule has 0 fully saturated rings. The molecule has 0 amide bonds. The second-order valence-electron chi connectivity index (χ2n) is 6.16. The van der Waals surface area contributed by atoms with Crippen molar-refractivity contribution in [2.24, 2.45) is 0 Å². The topological polar surface area (TPSA) is 63.6 Å². The highest BCUT2D eigenvalue weighted by molar-refractivity contribution is 6.02. The number of hydrogen-bond acceptors (Lipinski definition) is 3. The van der Waals surface area contributed by atoms with Crippen LogP contribution in [-0.2, 0) is 4.74 Å². The minimum atomic E-state index is -1.12. The van der Waals surface area contributed by atoms with Crippen LogP contribution >= 0.6 is 0 Å². The molecule has 1 N–H and O–H groups in total. The molecular formula is C21H30O4. The van der Waals surface area contributed by atoms with Gasteiger partial charge in [0.05, 0.1) is 17.7 Å². The van der Waals surface area contributed by atoms with Crippen molar-refractivity contribution in [3.63, 3.8) is 0 Å². The van der Waals surface area contributed by atoms with Gasteiger partial charge in [-0.1, -0.05) is 56.9 Å². The summed E-state index contributed by atoms with van der Waals surface area (Å²) in [6.07, 6.45) is 14.8. The lowest BCUT2D eigenvalue weighted by molar-refractivity contribution is 0.0488. The highest BCUT2D eigenvalue weighted by atomic mass is 16.5. The van der Waals surface area contributed by atoms with E-state index >= 15 is 0 Å². The van der Waals surface area contributed by atoms with Crippen molar-refractivity contribution >= 4 is 11.9 Å². The van der Waals surface area contributed by atoms with Crippen LogP contribution in [0.15, 0.2) is 36.4 Å². The third-order valence-corrected chi connectivity index (χ3v) is 4.02. The molecule has 25 heavy (non-hydrogen) atoms. The van der Waals surface area contributed by atoms with E-state index in [4.69, 9.17) is 9.84 Å². The van der Waals surface area contributed by atoms with Gasteiger partial charge < -0.3 is 9.84 Å². The van der Waals surface area contributed by atoms with Crippen LogP contribution in [0.1, 0.15) is 85.4 Å². The Morgan fingerprint density at radius 1 is 0.920 bits per heavy atom. The first-order valence-corrected chi connectivity index (χ1v) is 9.31. The number of benzene rings is 1. The number of aromatic carboxylic acids is 1. The predicted molar refractivity (Wildman–Crippen MR) is 100 cm³/mol. The number of allylic oxidation sites excluding steroid dienone is 2. The molecule has 0 aliphatic carbocycles. The van der Waals surface area contributed by atoms with E-state index in [9.17, 15) is 9.59 Å². The van der Waals surface area contributed by atoms with Gasteiger partial charge >= 0.3 is 11.9 Å². The van der Waals surface area contributed by atoms with Crippen molar-refractivity contribution in [1.29, 1.82) is 0 Å². The second kappa shape index (κ2) is 13.2. The van der Waals surface area contributed by atoms with Gasteiger partial charge in [-0.3, -0.25) is 0 Å². The van der Waals surface area contributed by atoms with Gasteiger partial charge in [0.25, 0.3) is 0 Å². The fourth-order valence-corrected chi connectivity index (χ4v) is 2.56. The van der Waals surface area contributed by atoms with Crippen LogP contribution in [0.2, 0.25) is 0 Å². The summed E-state index contributed by atoms with van der Waals surface area (Å²) >= 11 is 0. The van der Waals surface area contributed by atoms with E-state index in [1.54, 1.807) is 12.1 Å². The van der Waals surface area contributed by atoms with E-state index in [2.05, 4.69) is 19.1 Å². The maximum Gasteiger partial charge on any atom is 0.339 e. The molecule has 0 saturated carbocycles. The summed E-state index contributed by atoms with van der Waals surface area (Å²) in [5, 5.41) is 9.07. The molecule has 0 radical (unpaired) electrons. The molecule has 0 aliphatic heterocycles. The van der Waals surface area contributed by atoms with Crippen molar-refractivity contribution < 1.29 is 19.4 Å². The lowest BCUT2D eigenvalue weighted by Gasteiger charge is -2.06. The van der Waals surface area contributed by atoms with Crippen molar-refractivity contribution in [3.05, 3.63) is 47.5 Å². The third kappa shape index (κ3) is 9.08. The number of ether oxygens (including phenoxy) is 1. The van der Waals surface area contributed by atoms with Gasteiger partial charge in [-0.15, -0.1) is 0 Å². The molecule has 138 valence electrons. The molecule has 4 heteroatoms. The number of carbonyl (C=O) groups excluding carboxylic acids is 1. The fraction of sp³-hybridized carbons (Fsp3) is 0.524. The number of hydrogen-bond donors (Lipinski definition) is 1. The number of carboxylic acids is 1. The quantitative estimate of drug-likeness (QED) is 0.286. The Hall–Kier alpha value is -2.10. The lowest BCUT2D eigenvalue weighted by Crippen LogP contribution is -2.12. The Morgan fingerprint density at radius 3 is 2.16 bits per heavy atom. The van der Waals surface area contributed by atoms with Crippen molar-refractivity contribution in [1.82, 2.24) is 0 Å². The maximum atomic E-state index is 12.0. The van der Waals surface area contributed by atoms with E-state index in [0.717, 1.165) is 25.7 Å². The molecule has 1 aromatic rings. The summed E-state index contributed by atoms with van der Waals surface area (Å²) in [5.41, 5.74) is 0.0901. The molecule has 0 saturated heterocycles. The van der Waals surface area contributed by atoms with E-state index < -0.39 is 11.9 Å². The molecule has 0 heterocycles. The SMILES string of the molecule is CCCCCCC/C=C/CCCCOC(=O)c1ccccc1C(=O)O. The van der Waals surface area contributed by atoms with E-state index in [1.807, 2.05) is 0 Å². The minimum Gasteiger partial charge on any atom is -0.478 e. The average molecular weight is 346 g/mol. The van der Waals surface area contributed by atoms with Crippen LogP contribution in [0.25, 0.3) is 0 Å². The van der Waals surface area contributed by atoms with Crippen LogP contribution in [0.4, 0.5) is 0 Å². The molecule has 0 atom stereocenters. The van der Waals surface area contributed by atoms with Crippen molar-refractivity contribution in [3.8, 4) is 0 Å². The Morgan fingerprint density at radius 2 is 1.52 bits per heavy atom. The Balaban J connectivity index is 2.12.